The van der Waals surface area contributed by atoms with Crippen molar-refractivity contribution in [1.29, 1.82) is 0 Å². The summed E-state index contributed by atoms with van der Waals surface area (Å²) < 4.78 is 10.9. The molecule has 7 nitrogen and oxygen atoms in total. The van der Waals surface area contributed by atoms with Gasteiger partial charge in [0.05, 0.1) is 19.4 Å². The first kappa shape index (κ1) is 19.0. The van der Waals surface area contributed by atoms with Crippen molar-refractivity contribution in [2.45, 2.75) is 18.8 Å². The van der Waals surface area contributed by atoms with E-state index in [-0.39, 0.29) is 11.8 Å². The molecule has 0 radical (unpaired) electrons. The Morgan fingerprint density at radius 2 is 1.93 bits per heavy atom. The number of ether oxygens (including phenoxy) is 2. The molecule has 29 heavy (non-hydrogen) atoms. The van der Waals surface area contributed by atoms with Crippen LogP contribution >= 0.6 is 0 Å². The molecule has 3 heterocycles. The molecule has 1 saturated heterocycles. The van der Waals surface area contributed by atoms with Crippen LogP contribution in [-0.2, 0) is 6.42 Å². The van der Waals surface area contributed by atoms with Crippen LogP contribution in [0.4, 0.5) is 0 Å². The maximum Gasteiger partial charge on any atom is 0.253 e. The number of likely N-dealkylation sites (tertiary alicyclic amines) is 1. The fraction of sp³-hybridized carbons (Fsp3) is 0.318. The molecule has 0 unspecified atom stereocenters. The minimum Gasteiger partial charge on any atom is -0.497 e. The number of carbonyl (C=O) groups excluding carboxylic acids is 1. The summed E-state index contributed by atoms with van der Waals surface area (Å²) in [6, 6.07) is 13.1. The molecule has 1 aromatic carbocycles. The first-order chi connectivity index (χ1) is 14.2. The van der Waals surface area contributed by atoms with Gasteiger partial charge in [-0.2, -0.15) is 5.10 Å². The van der Waals surface area contributed by atoms with Crippen LogP contribution in [0.1, 0.15) is 34.1 Å². The Kier molecular flexibility index (Phi) is 5.74. The molecule has 2 aromatic heterocycles. The Labute approximate surface area is 169 Å². The molecule has 150 valence electrons. The van der Waals surface area contributed by atoms with E-state index >= 15 is 0 Å². The van der Waals surface area contributed by atoms with E-state index in [1.165, 1.54) is 0 Å². The Bertz CT molecular complexity index is 940. The van der Waals surface area contributed by atoms with Crippen molar-refractivity contribution >= 4 is 5.91 Å². The molecular formula is C22H24N4O3. The minimum atomic E-state index is 0.0542. The maximum atomic E-state index is 12.6. The van der Waals surface area contributed by atoms with Gasteiger partial charge in [0, 0.05) is 49.1 Å². The quantitative estimate of drug-likeness (QED) is 0.668. The zero-order chi connectivity index (χ0) is 20.1. The molecule has 1 atom stereocenters. The van der Waals surface area contributed by atoms with Crippen molar-refractivity contribution in [1.82, 2.24) is 20.1 Å². The number of rotatable bonds is 7. The average Bonchev–Trinajstić information content (AvgIpc) is 3.44. The maximum absolute atomic E-state index is 12.6. The van der Waals surface area contributed by atoms with Crippen molar-refractivity contribution in [3.05, 3.63) is 71.8 Å². The predicted octanol–water partition coefficient (Wildman–Crippen LogP) is 3.06. The number of H-pyrrole nitrogens is 1. The van der Waals surface area contributed by atoms with Crippen LogP contribution in [0.5, 0.6) is 11.5 Å². The molecule has 1 N–H and O–H groups in total. The zero-order valence-electron chi connectivity index (χ0n) is 16.4. The molecule has 4 rings (SSSR count). The van der Waals surface area contributed by atoms with E-state index in [9.17, 15) is 4.79 Å². The predicted molar refractivity (Wildman–Crippen MR) is 108 cm³/mol. The molecule has 7 heteroatoms. The normalized spacial score (nSPS) is 16.0. The van der Waals surface area contributed by atoms with E-state index in [0.29, 0.717) is 18.7 Å². The highest BCUT2D eigenvalue weighted by molar-refractivity contribution is 5.94. The Balaban J connectivity index is 1.28. The van der Waals surface area contributed by atoms with E-state index in [1.807, 2.05) is 29.2 Å². The number of aromatic nitrogens is 3. The summed E-state index contributed by atoms with van der Waals surface area (Å²) in [6.07, 6.45) is 4.96. The molecule has 0 bridgehead atoms. The van der Waals surface area contributed by atoms with Crippen LogP contribution in [0.25, 0.3) is 0 Å². The average molecular weight is 392 g/mol. The molecule has 1 aliphatic rings. The van der Waals surface area contributed by atoms with Crippen LogP contribution in [-0.4, -0.2) is 52.8 Å². The number of nitrogens with zero attached hydrogens (tertiary/aromatic N) is 3. The van der Waals surface area contributed by atoms with Gasteiger partial charge in [0.2, 0.25) is 0 Å². The number of amides is 1. The second-order valence-corrected chi connectivity index (χ2v) is 7.06. The van der Waals surface area contributed by atoms with Crippen LogP contribution in [0.3, 0.4) is 0 Å². The molecule has 1 fully saturated rings. The Morgan fingerprint density at radius 1 is 1.17 bits per heavy atom. The van der Waals surface area contributed by atoms with Crippen molar-refractivity contribution in [3.8, 4) is 11.5 Å². The van der Waals surface area contributed by atoms with Crippen LogP contribution < -0.4 is 9.47 Å². The summed E-state index contributed by atoms with van der Waals surface area (Å²) in [4.78, 5) is 18.5. The first-order valence-corrected chi connectivity index (χ1v) is 9.73. The monoisotopic (exact) mass is 392 g/mol. The number of pyridine rings is 1. The van der Waals surface area contributed by atoms with Gasteiger partial charge in [-0.1, -0.05) is 0 Å². The molecule has 3 aromatic rings. The molecular weight excluding hydrogens is 368 g/mol. The summed E-state index contributed by atoms with van der Waals surface area (Å²) in [5.41, 5.74) is 2.72. The van der Waals surface area contributed by atoms with Crippen molar-refractivity contribution < 1.29 is 14.3 Å². The lowest BCUT2D eigenvalue weighted by atomic mass is 10.0. The second-order valence-electron chi connectivity index (χ2n) is 7.06. The lowest BCUT2D eigenvalue weighted by Gasteiger charge is -2.15. The van der Waals surface area contributed by atoms with Gasteiger partial charge >= 0.3 is 0 Å². The van der Waals surface area contributed by atoms with Crippen molar-refractivity contribution in [3.63, 3.8) is 0 Å². The van der Waals surface area contributed by atoms with E-state index in [1.54, 1.807) is 31.6 Å². The van der Waals surface area contributed by atoms with Crippen molar-refractivity contribution in [2.24, 2.45) is 0 Å². The van der Waals surface area contributed by atoms with Crippen LogP contribution in [0, 0.1) is 0 Å². The highest BCUT2D eigenvalue weighted by atomic mass is 16.5. The van der Waals surface area contributed by atoms with Gasteiger partial charge in [-0.25, -0.2) is 0 Å². The van der Waals surface area contributed by atoms with Gasteiger partial charge in [0.1, 0.15) is 11.5 Å². The molecule has 0 saturated carbocycles. The van der Waals surface area contributed by atoms with Gasteiger partial charge < -0.3 is 14.4 Å². The van der Waals surface area contributed by atoms with E-state index in [0.717, 1.165) is 42.3 Å². The Hall–Kier alpha value is -3.35. The van der Waals surface area contributed by atoms with E-state index in [4.69, 9.17) is 9.47 Å². The number of aromatic amines is 1. The summed E-state index contributed by atoms with van der Waals surface area (Å²) in [7, 11) is 1.64. The molecule has 0 spiro atoms. The molecule has 1 amide bonds. The standard InChI is InChI=1S/C22H24N4O3/c1-28-19-2-4-20(5-3-19)29-13-9-18-14-21(25-24-18)17-8-12-26(15-17)22(27)16-6-10-23-11-7-16/h2-7,10-11,14,17H,8-9,12-13,15H2,1H3,(H,24,25)/t17-/m0/s1. The van der Waals surface area contributed by atoms with E-state index < -0.39 is 0 Å². The lowest BCUT2D eigenvalue weighted by molar-refractivity contribution is 0.0790. The van der Waals surface area contributed by atoms with Gasteiger partial charge in [0.15, 0.2) is 0 Å². The number of benzene rings is 1. The lowest BCUT2D eigenvalue weighted by Crippen LogP contribution is -2.28. The first-order valence-electron chi connectivity index (χ1n) is 9.73. The number of methoxy groups -OCH3 is 1. The largest absolute Gasteiger partial charge is 0.497 e. The van der Waals surface area contributed by atoms with Gasteiger partial charge in [-0.15, -0.1) is 0 Å². The highest BCUT2D eigenvalue weighted by Crippen LogP contribution is 2.27. The van der Waals surface area contributed by atoms with Crippen LogP contribution in [0.2, 0.25) is 0 Å². The highest BCUT2D eigenvalue weighted by Gasteiger charge is 2.29. The number of carbonyl (C=O) groups is 1. The molecule has 1 aliphatic heterocycles. The fourth-order valence-electron chi connectivity index (χ4n) is 3.53. The zero-order valence-corrected chi connectivity index (χ0v) is 16.4. The van der Waals surface area contributed by atoms with Crippen molar-refractivity contribution in [2.75, 3.05) is 26.8 Å². The third kappa shape index (κ3) is 4.56. The van der Waals surface area contributed by atoms with Gasteiger partial charge in [0.25, 0.3) is 5.91 Å². The number of hydrogen-bond donors (Lipinski definition) is 1. The summed E-state index contributed by atoms with van der Waals surface area (Å²) in [6.45, 7) is 1.99. The number of hydrogen-bond acceptors (Lipinski definition) is 5. The van der Waals surface area contributed by atoms with Crippen LogP contribution in [0.15, 0.2) is 54.9 Å². The fourth-order valence-corrected chi connectivity index (χ4v) is 3.53. The third-order valence-electron chi connectivity index (χ3n) is 5.17. The second kappa shape index (κ2) is 8.77. The Morgan fingerprint density at radius 3 is 2.69 bits per heavy atom. The SMILES string of the molecule is COc1ccc(OCCc2cc([C@H]3CCN(C(=O)c4ccncc4)C3)n[nH]2)cc1. The topological polar surface area (TPSA) is 80.3 Å². The summed E-state index contributed by atoms with van der Waals surface area (Å²) >= 11 is 0. The van der Waals surface area contributed by atoms with E-state index in [2.05, 4.69) is 21.2 Å². The third-order valence-corrected chi connectivity index (χ3v) is 5.17. The molecule has 0 aliphatic carbocycles. The van der Waals surface area contributed by atoms with Gasteiger partial charge in [-0.3, -0.25) is 14.9 Å². The minimum absolute atomic E-state index is 0.0542. The summed E-state index contributed by atoms with van der Waals surface area (Å²) in [5, 5.41) is 7.57. The summed E-state index contributed by atoms with van der Waals surface area (Å²) in [5.74, 6) is 1.93. The number of nitrogens with one attached hydrogen (secondary N) is 1. The van der Waals surface area contributed by atoms with Gasteiger partial charge in [-0.05, 0) is 48.9 Å². The smallest absolute Gasteiger partial charge is 0.253 e.